The van der Waals surface area contributed by atoms with Gasteiger partial charge in [0, 0.05) is 30.5 Å². The van der Waals surface area contributed by atoms with Crippen molar-refractivity contribution in [1.29, 1.82) is 0 Å². The highest BCUT2D eigenvalue weighted by Gasteiger charge is 2.22. The fraction of sp³-hybridized carbons (Fsp3) is 0.280. The third-order valence-electron chi connectivity index (χ3n) is 5.78. The number of nitrogen functional groups attached to an aromatic ring is 1. The third kappa shape index (κ3) is 4.76. The highest BCUT2D eigenvalue weighted by atomic mass is 16.5. The first-order valence-electron chi connectivity index (χ1n) is 10.6. The number of aliphatic hydroxyl groups excluding tert-OH is 1. The molecule has 1 saturated heterocycles. The van der Waals surface area contributed by atoms with Gasteiger partial charge in [0.1, 0.15) is 5.82 Å². The van der Waals surface area contributed by atoms with Crippen LogP contribution >= 0.6 is 0 Å². The fourth-order valence-electron chi connectivity index (χ4n) is 4.06. The summed E-state index contributed by atoms with van der Waals surface area (Å²) in [7, 11) is 0. The molecule has 31 heavy (non-hydrogen) atoms. The molecule has 1 fully saturated rings. The summed E-state index contributed by atoms with van der Waals surface area (Å²) in [5, 5.41) is 13.0. The Labute approximate surface area is 182 Å². The second kappa shape index (κ2) is 9.73. The number of nitrogens with one attached hydrogen (secondary N) is 1. The normalized spacial score (nSPS) is 15.4. The van der Waals surface area contributed by atoms with Gasteiger partial charge in [0.2, 0.25) is 0 Å². The van der Waals surface area contributed by atoms with E-state index in [1.165, 1.54) is 0 Å². The van der Waals surface area contributed by atoms with E-state index < -0.39 is 6.04 Å². The molecule has 0 saturated carbocycles. The lowest BCUT2D eigenvalue weighted by Gasteiger charge is -2.24. The first kappa shape index (κ1) is 21.0. The molecule has 2 heterocycles. The van der Waals surface area contributed by atoms with E-state index in [4.69, 9.17) is 10.5 Å². The maximum absolute atomic E-state index is 12.7. The first-order valence-corrected chi connectivity index (χ1v) is 10.6. The van der Waals surface area contributed by atoms with Crippen LogP contribution in [0.4, 0.5) is 5.82 Å². The SMILES string of the molecule is Nc1ncc(C2CCOCC2)cc1-c1ccccc1[C@@H](CO)NC(=O)c1ccccc1. The van der Waals surface area contributed by atoms with Crippen LogP contribution in [-0.2, 0) is 4.74 Å². The zero-order chi connectivity index (χ0) is 21.6. The number of carbonyl (C=O) groups is 1. The molecule has 1 aliphatic heterocycles. The lowest BCUT2D eigenvalue weighted by Crippen LogP contribution is -2.31. The van der Waals surface area contributed by atoms with Crippen molar-refractivity contribution in [1.82, 2.24) is 10.3 Å². The minimum atomic E-state index is -0.574. The largest absolute Gasteiger partial charge is 0.394 e. The Balaban J connectivity index is 1.67. The van der Waals surface area contributed by atoms with Crippen LogP contribution in [0.1, 0.15) is 46.3 Å². The van der Waals surface area contributed by atoms with Gasteiger partial charge in [-0.1, -0.05) is 42.5 Å². The number of pyridine rings is 1. The molecule has 0 radical (unpaired) electrons. The van der Waals surface area contributed by atoms with Gasteiger partial charge in [0.25, 0.3) is 5.91 Å². The summed E-state index contributed by atoms with van der Waals surface area (Å²) in [5.74, 6) is 0.574. The summed E-state index contributed by atoms with van der Waals surface area (Å²) < 4.78 is 5.49. The van der Waals surface area contributed by atoms with Gasteiger partial charge in [-0.15, -0.1) is 0 Å². The molecule has 1 aliphatic rings. The molecule has 4 rings (SSSR count). The second-order valence-corrected chi connectivity index (χ2v) is 7.75. The molecular formula is C25H27N3O3. The van der Waals surface area contributed by atoms with Gasteiger partial charge < -0.3 is 20.9 Å². The Morgan fingerprint density at radius 2 is 1.81 bits per heavy atom. The van der Waals surface area contributed by atoms with Crippen molar-refractivity contribution in [3.63, 3.8) is 0 Å². The van der Waals surface area contributed by atoms with Gasteiger partial charge in [-0.05, 0) is 53.6 Å². The van der Waals surface area contributed by atoms with Gasteiger partial charge in [-0.3, -0.25) is 4.79 Å². The molecule has 0 unspecified atom stereocenters. The fourth-order valence-corrected chi connectivity index (χ4v) is 4.06. The predicted octanol–water partition coefficient (Wildman–Crippen LogP) is 3.69. The summed E-state index contributed by atoms with van der Waals surface area (Å²) in [5.41, 5.74) is 10.4. The van der Waals surface area contributed by atoms with E-state index in [0.29, 0.717) is 17.3 Å². The zero-order valence-electron chi connectivity index (χ0n) is 17.3. The molecule has 0 bridgehead atoms. The van der Waals surface area contributed by atoms with Crippen molar-refractivity contribution in [3.8, 4) is 11.1 Å². The minimum Gasteiger partial charge on any atom is -0.394 e. The summed E-state index contributed by atoms with van der Waals surface area (Å²) in [6.07, 6.45) is 3.76. The molecule has 160 valence electrons. The van der Waals surface area contributed by atoms with Crippen LogP contribution in [0.15, 0.2) is 66.9 Å². The average molecular weight is 418 g/mol. The quantitative estimate of drug-likeness (QED) is 0.568. The highest BCUT2D eigenvalue weighted by Crippen LogP contribution is 2.35. The molecule has 2 aromatic carbocycles. The molecular weight excluding hydrogens is 390 g/mol. The predicted molar refractivity (Wildman–Crippen MR) is 121 cm³/mol. The number of aromatic nitrogens is 1. The average Bonchev–Trinajstić information content (AvgIpc) is 2.84. The molecule has 0 aliphatic carbocycles. The van der Waals surface area contributed by atoms with E-state index in [1.807, 2.05) is 48.7 Å². The number of carbonyl (C=O) groups excluding carboxylic acids is 1. The smallest absolute Gasteiger partial charge is 0.251 e. The van der Waals surface area contributed by atoms with Gasteiger partial charge in [0.05, 0.1) is 12.6 Å². The van der Waals surface area contributed by atoms with Gasteiger partial charge in [-0.2, -0.15) is 0 Å². The zero-order valence-corrected chi connectivity index (χ0v) is 17.3. The lowest BCUT2D eigenvalue weighted by molar-refractivity contribution is 0.0853. The van der Waals surface area contributed by atoms with E-state index >= 15 is 0 Å². The maximum atomic E-state index is 12.7. The van der Waals surface area contributed by atoms with Crippen LogP contribution in [0.3, 0.4) is 0 Å². The number of rotatable bonds is 6. The van der Waals surface area contributed by atoms with Crippen LogP contribution in [0, 0.1) is 0 Å². The Hall–Kier alpha value is -3.22. The Bertz CT molecular complexity index is 1030. The molecule has 6 heteroatoms. The Morgan fingerprint density at radius 3 is 2.55 bits per heavy atom. The third-order valence-corrected chi connectivity index (χ3v) is 5.78. The number of hydrogen-bond acceptors (Lipinski definition) is 5. The molecule has 1 aromatic heterocycles. The first-order chi connectivity index (χ1) is 15.2. The van der Waals surface area contributed by atoms with E-state index in [0.717, 1.165) is 48.3 Å². The highest BCUT2D eigenvalue weighted by molar-refractivity contribution is 5.94. The van der Waals surface area contributed by atoms with Crippen LogP contribution in [0.2, 0.25) is 0 Å². The maximum Gasteiger partial charge on any atom is 0.251 e. The van der Waals surface area contributed by atoms with Crippen molar-refractivity contribution >= 4 is 11.7 Å². The van der Waals surface area contributed by atoms with Crippen molar-refractivity contribution in [2.45, 2.75) is 24.8 Å². The Morgan fingerprint density at radius 1 is 1.10 bits per heavy atom. The molecule has 3 aromatic rings. The van der Waals surface area contributed by atoms with E-state index in [1.54, 1.807) is 12.1 Å². The summed E-state index contributed by atoms with van der Waals surface area (Å²) >= 11 is 0. The number of aliphatic hydroxyl groups is 1. The summed E-state index contributed by atoms with van der Waals surface area (Å²) in [6.45, 7) is 1.26. The van der Waals surface area contributed by atoms with Crippen molar-refractivity contribution in [2.24, 2.45) is 0 Å². The van der Waals surface area contributed by atoms with Crippen LogP contribution < -0.4 is 11.1 Å². The number of benzene rings is 2. The van der Waals surface area contributed by atoms with E-state index in [-0.39, 0.29) is 12.5 Å². The van der Waals surface area contributed by atoms with Gasteiger partial charge in [-0.25, -0.2) is 4.98 Å². The lowest BCUT2D eigenvalue weighted by atomic mass is 9.89. The standard InChI is InChI=1S/C25H27N3O3/c26-24-22(14-19(15-27-24)17-10-12-31-13-11-17)20-8-4-5-9-21(20)23(16-29)28-25(30)18-6-2-1-3-7-18/h1-9,14-15,17,23,29H,10-13,16H2,(H2,26,27)(H,28,30)/t23-/m1/s1. The molecule has 0 spiro atoms. The number of nitrogens with two attached hydrogens (primary N) is 1. The Kier molecular flexibility index (Phi) is 6.60. The van der Waals surface area contributed by atoms with Crippen LogP contribution in [-0.4, -0.2) is 35.8 Å². The number of ether oxygens (including phenoxy) is 1. The number of amides is 1. The van der Waals surface area contributed by atoms with E-state index in [9.17, 15) is 9.90 Å². The molecule has 6 nitrogen and oxygen atoms in total. The molecule has 1 amide bonds. The van der Waals surface area contributed by atoms with Crippen molar-refractivity contribution in [2.75, 3.05) is 25.6 Å². The summed E-state index contributed by atoms with van der Waals surface area (Å²) in [6, 6.07) is 18.2. The number of anilines is 1. The topological polar surface area (TPSA) is 97.5 Å². The molecule has 1 atom stereocenters. The minimum absolute atomic E-state index is 0.234. The van der Waals surface area contributed by atoms with Crippen LogP contribution in [0.25, 0.3) is 11.1 Å². The number of hydrogen-bond donors (Lipinski definition) is 3. The van der Waals surface area contributed by atoms with Gasteiger partial charge >= 0.3 is 0 Å². The number of nitrogens with zero attached hydrogens (tertiary/aromatic N) is 1. The summed E-state index contributed by atoms with van der Waals surface area (Å²) in [4.78, 5) is 17.1. The van der Waals surface area contributed by atoms with Gasteiger partial charge in [0.15, 0.2) is 0 Å². The second-order valence-electron chi connectivity index (χ2n) is 7.75. The molecule has 4 N–H and O–H groups in total. The van der Waals surface area contributed by atoms with E-state index in [2.05, 4.69) is 16.4 Å². The van der Waals surface area contributed by atoms with Crippen molar-refractivity contribution < 1.29 is 14.6 Å². The van der Waals surface area contributed by atoms with Crippen LogP contribution in [0.5, 0.6) is 0 Å². The monoisotopic (exact) mass is 417 g/mol. The van der Waals surface area contributed by atoms with Crippen molar-refractivity contribution in [3.05, 3.63) is 83.6 Å².